The molecule has 0 aromatic heterocycles. The second kappa shape index (κ2) is 5.72. The second-order valence-corrected chi connectivity index (χ2v) is 4.81. The van der Waals surface area contributed by atoms with Crippen molar-refractivity contribution in [3.63, 3.8) is 0 Å². The van der Waals surface area contributed by atoms with Gasteiger partial charge in [0, 0.05) is 18.6 Å². The smallest absolute Gasteiger partial charge is 0.0217 e. The summed E-state index contributed by atoms with van der Waals surface area (Å²) in [5.41, 5.74) is 0. The van der Waals surface area contributed by atoms with Crippen LogP contribution in [0.1, 0.15) is 39.5 Å². The molecule has 14 heavy (non-hydrogen) atoms. The quantitative estimate of drug-likeness (QED) is 0.703. The Morgan fingerprint density at radius 3 is 2.43 bits per heavy atom. The molecule has 2 nitrogen and oxygen atoms in total. The molecular weight excluding hydrogens is 172 g/mol. The summed E-state index contributed by atoms with van der Waals surface area (Å²) in [6.07, 6.45) is 5.52. The van der Waals surface area contributed by atoms with Crippen LogP contribution >= 0.6 is 0 Å². The molecule has 2 unspecified atom stereocenters. The zero-order valence-electron chi connectivity index (χ0n) is 10.2. The van der Waals surface area contributed by atoms with Gasteiger partial charge in [-0.2, -0.15) is 0 Å². The zero-order chi connectivity index (χ0) is 10.6. The molecule has 1 aliphatic rings. The summed E-state index contributed by atoms with van der Waals surface area (Å²) in [5, 5.41) is 3.45. The lowest BCUT2D eigenvalue weighted by Crippen LogP contribution is -2.47. The van der Waals surface area contributed by atoms with E-state index in [0.29, 0.717) is 6.04 Å². The number of hydrogen-bond acceptors (Lipinski definition) is 2. The fraction of sp³-hybridized carbons (Fsp3) is 1.00. The fourth-order valence-electron chi connectivity index (χ4n) is 2.13. The maximum absolute atomic E-state index is 3.45. The van der Waals surface area contributed by atoms with Crippen molar-refractivity contribution < 1.29 is 0 Å². The first-order chi connectivity index (χ1) is 6.69. The molecule has 1 fully saturated rings. The van der Waals surface area contributed by atoms with Gasteiger partial charge in [-0.3, -0.25) is 0 Å². The largest absolute Gasteiger partial charge is 0.315 e. The lowest BCUT2D eigenvalue weighted by molar-refractivity contribution is 0.134. The molecule has 1 saturated carbocycles. The molecule has 1 N–H and O–H groups in total. The summed E-state index contributed by atoms with van der Waals surface area (Å²) < 4.78 is 0. The van der Waals surface area contributed by atoms with E-state index in [9.17, 15) is 0 Å². The molecule has 0 spiro atoms. The molecule has 1 aliphatic carbocycles. The van der Waals surface area contributed by atoms with E-state index in [-0.39, 0.29) is 0 Å². The van der Waals surface area contributed by atoms with Crippen LogP contribution in [0.4, 0.5) is 0 Å². The van der Waals surface area contributed by atoms with Gasteiger partial charge in [-0.1, -0.05) is 26.7 Å². The third kappa shape index (κ3) is 2.96. The highest BCUT2D eigenvalue weighted by Crippen LogP contribution is 2.24. The molecule has 0 radical (unpaired) electrons. The number of hydrogen-bond donors (Lipinski definition) is 1. The molecule has 1 rings (SSSR count). The monoisotopic (exact) mass is 198 g/mol. The summed E-state index contributed by atoms with van der Waals surface area (Å²) in [5.74, 6) is 0.780. The molecule has 0 saturated heterocycles. The predicted molar refractivity (Wildman–Crippen MR) is 62.6 cm³/mol. The van der Waals surface area contributed by atoms with Gasteiger partial charge < -0.3 is 10.2 Å². The zero-order valence-corrected chi connectivity index (χ0v) is 10.2. The van der Waals surface area contributed by atoms with Gasteiger partial charge in [-0.05, 0) is 32.9 Å². The van der Waals surface area contributed by atoms with Crippen LogP contribution in [0.5, 0.6) is 0 Å². The Balaban J connectivity index is 2.30. The van der Waals surface area contributed by atoms with Crippen molar-refractivity contribution in [3.05, 3.63) is 0 Å². The van der Waals surface area contributed by atoms with Crippen molar-refractivity contribution in [3.8, 4) is 0 Å². The highest BCUT2D eigenvalue weighted by molar-refractivity contribution is 4.82. The van der Waals surface area contributed by atoms with Crippen molar-refractivity contribution in [2.45, 2.75) is 51.6 Å². The van der Waals surface area contributed by atoms with Gasteiger partial charge in [0.1, 0.15) is 0 Å². The summed E-state index contributed by atoms with van der Waals surface area (Å²) in [4.78, 5) is 2.54. The molecule has 2 heteroatoms. The minimum Gasteiger partial charge on any atom is -0.315 e. The molecule has 0 bridgehead atoms. The summed E-state index contributed by atoms with van der Waals surface area (Å²) in [6.45, 7) is 5.82. The van der Waals surface area contributed by atoms with Crippen molar-refractivity contribution in [2.75, 3.05) is 20.6 Å². The van der Waals surface area contributed by atoms with Gasteiger partial charge in [0.2, 0.25) is 0 Å². The summed E-state index contributed by atoms with van der Waals surface area (Å²) in [6, 6.07) is 1.53. The minimum absolute atomic E-state index is 0.658. The summed E-state index contributed by atoms with van der Waals surface area (Å²) in [7, 11) is 4.36. The van der Waals surface area contributed by atoms with E-state index in [1.165, 1.54) is 32.2 Å². The van der Waals surface area contributed by atoms with Crippen LogP contribution in [0, 0.1) is 5.92 Å². The van der Waals surface area contributed by atoms with E-state index in [1.807, 2.05) is 0 Å². The van der Waals surface area contributed by atoms with Crippen molar-refractivity contribution in [1.82, 2.24) is 10.2 Å². The lowest BCUT2D eigenvalue weighted by Gasteiger charge is -2.38. The first-order valence-electron chi connectivity index (χ1n) is 6.06. The van der Waals surface area contributed by atoms with Crippen LogP contribution in [0.2, 0.25) is 0 Å². The number of nitrogens with zero attached hydrogens (tertiary/aromatic N) is 1. The van der Waals surface area contributed by atoms with Gasteiger partial charge in [-0.25, -0.2) is 0 Å². The SMILES string of the molecule is CCC(C)C(CN(C)C1CCC1)NC. The van der Waals surface area contributed by atoms with Crippen molar-refractivity contribution in [1.29, 1.82) is 0 Å². The van der Waals surface area contributed by atoms with Crippen LogP contribution in [0.3, 0.4) is 0 Å². The van der Waals surface area contributed by atoms with Gasteiger partial charge in [0.25, 0.3) is 0 Å². The molecule has 0 heterocycles. The predicted octanol–water partition coefficient (Wildman–Crippen LogP) is 2.10. The molecule has 0 aromatic rings. The maximum atomic E-state index is 3.45. The van der Waals surface area contributed by atoms with Crippen LogP contribution in [-0.4, -0.2) is 37.6 Å². The molecular formula is C12H26N2. The Labute approximate surface area is 89.1 Å². The highest BCUT2D eigenvalue weighted by atomic mass is 15.2. The number of rotatable bonds is 6. The van der Waals surface area contributed by atoms with E-state index < -0.39 is 0 Å². The van der Waals surface area contributed by atoms with Gasteiger partial charge in [0.15, 0.2) is 0 Å². The Morgan fingerprint density at radius 1 is 1.43 bits per heavy atom. The standard InChI is InChI=1S/C12H26N2/c1-5-10(2)12(13-3)9-14(4)11-7-6-8-11/h10-13H,5-9H2,1-4H3. The topological polar surface area (TPSA) is 15.3 Å². The van der Waals surface area contributed by atoms with E-state index in [1.54, 1.807) is 0 Å². The Hall–Kier alpha value is -0.0800. The Bertz CT molecular complexity index is 154. The Kier molecular flexibility index (Phi) is 4.90. The highest BCUT2D eigenvalue weighted by Gasteiger charge is 2.24. The molecule has 0 amide bonds. The summed E-state index contributed by atoms with van der Waals surface area (Å²) >= 11 is 0. The number of likely N-dealkylation sites (N-methyl/N-ethyl adjacent to an activating group) is 2. The molecule has 84 valence electrons. The second-order valence-electron chi connectivity index (χ2n) is 4.81. The van der Waals surface area contributed by atoms with Crippen LogP contribution in [-0.2, 0) is 0 Å². The average Bonchev–Trinajstić information content (AvgIpc) is 2.10. The molecule has 2 atom stereocenters. The van der Waals surface area contributed by atoms with Gasteiger partial charge in [-0.15, -0.1) is 0 Å². The van der Waals surface area contributed by atoms with E-state index in [0.717, 1.165) is 12.0 Å². The van der Waals surface area contributed by atoms with E-state index in [4.69, 9.17) is 0 Å². The number of nitrogens with one attached hydrogen (secondary N) is 1. The third-order valence-electron chi connectivity index (χ3n) is 3.88. The normalized spacial score (nSPS) is 22.1. The van der Waals surface area contributed by atoms with Crippen molar-refractivity contribution >= 4 is 0 Å². The first-order valence-corrected chi connectivity index (χ1v) is 6.06. The minimum atomic E-state index is 0.658. The van der Waals surface area contributed by atoms with E-state index >= 15 is 0 Å². The molecule has 0 aliphatic heterocycles. The first kappa shape index (κ1) is 12.0. The van der Waals surface area contributed by atoms with Crippen LogP contribution in [0.25, 0.3) is 0 Å². The maximum Gasteiger partial charge on any atom is 0.0217 e. The van der Waals surface area contributed by atoms with E-state index in [2.05, 4.69) is 38.2 Å². The van der Waals surface area contributed by atoms with Crippen molar-refractivity contribution in [2.24, 2.45) is 5.92 Å². The lowest BCUT2D eigenvalue weighted by atomic mass is 9.90. The average molecular weight is 198 g/mol. The fourth-order valence-corrected chi connectivity index (χ4v) is 2.13. The van der Waals surface area contributed by atoms with Crippen LogP contribution < -0.4 is 5.32 Å². The van der Waals surface area contributed by atoms with Gasteiger partial charge in [0.05, 0.1) is 0 Å². The third-order valence-corrected chi connectivity index (χ3v) is 3.88. The van der Waals surface area contributed by atoms with Crippen LogP contribution in [0.15, 0.2) is 0 Å². The van der Waals surface area contributed by atoms with Gasteiger partial charge >= 0.3 is 0 Å². The molecule has 0 aromatic carbocycles. The Morgan fingerprint density at radius 2 is 2.07 bits per heavy atom.